The largest absolute Gasteiger partial charge is 0.494 e. The van der Waals surface area contributed by atoms with E-state index < -0.39 is 0 Å². The molecule has 2 nitrogen and oxygen atoms in total. The summed E-state index contributed by atoms with van der Waals surface area (Å²) in [6.45, 7) is 4.03. The molecule has 1 fully saturated rings. The van der Waals surface area contributed by atoms with E-state index in [2.05, 4.69) is 48.3 Å². The first kappa shape index (κ1) is 15.7. The first-order chi connectivity index (χ1) is 9.88. The molecule has 0 atom stereocenters. The van der Waals surface area contributed by atoms with Gasteiger partial charge in [-0.05, 0) is 48.5 Å². The van der Waals surface area contributed by atoms with E-state index in [1.807, 2.05) is 0 Å². The maximum Gasteiger partial charge on any atom is 0.119 e. The molecule has 0 radical (unpaired) electrons. The Kier molecular flexibility index (Phi) is 7.31. The summed E-state index contributed by atoms with van der Waals surface area (Å²) >= 11 is 2.08. The van der Waals surface area contributed by atoms with Crippen LogP contribution in [0.1, 0.15) is 44.6 Å². The Morgan fingerprint density at radius 1 is 1.15 bits per heavy atom. The number of hydrogen-bond acceptors (Lipinski definition) is 3. The smallest absolute Gasteiger partial charge is 0.119 e. The number of thioether (sulfide) groups is 1. The van der Waals surface area contributed by atoms with Crippen LogP contribution in [-0.2, 0) is 6.54 Å². The van der Waals surface area contributed by atoms with Crippen LogP contribution >= 0.6 is 11.8 Å². The van der Waals surface area contributed by atoms with Crippen LogP contribution in [0.4, 0.5) is 0 Å². The summed E-state index contributed by atoms with van der Waals surface area (Å²) in [6, 6.07) is 9.26. The fourth-order valence-corrected chi connectivity index (χ4v) is 3.52. The van der Waals surface area contributed by atoms with Gasteiger partial charge >= 0.3 is 0 Å². The number of nitrogens with one attached hydrogen (secondary N) is 1. The van der Waals surface area contributed by atoms with E-state index in [4.69, 9.17) is 4.74 Å². The molecule has 0 aromatic heterocycles. The maximum absolute atomic E-state index is 5.73. The van der Waals surface area contributed by atoms with Gasteiger partial charge in [-0.2, -0.15) is 11.8 Å². The fourth-order valence-electron chi connectivity index (χ4n) is 2.41. The molecule has 3 heteroatoms. The molecule has 1 saturated heterocycles. The van der Waals surface area contributed by atoms with E-state index in [1.54, 1.807) is 0 Å². The summed E-state index contributed by atoms with van der Waals surface area (Å²) in [6.07, 6.45) is 6.27. The number of hydrogen-bond donors (Lipinski definition) is 1. The van der Waals surface area contributed by atoms with Crippen molar-refractivity contribution in [1.29, 1.82) is 0 Å². The number of unbranched alkanes of at least 4 members (excludes halogenated alkanes) is 2. The van der Waals surface area contributed by atoms with Gasteiger partial charge in [-0.15, -0.1) is 0 Å². The van der Waals surface area contributed by atoms with E-state index in [0.29, 0.717) is 6.04 Å². The first-order valence-corrected chi connectivity index (χ1v) is 9.07. The Labute approximate surface area is 127 Å². The molecule has 1 aliphatic rings. The van der Waals surface area contributed by atoms with Crippen molar-refractivity contribution in [3.63, 3.8) is 0 Å². The Bertz CT molecular complexity index is 360. The number of rotatable bonds is 8. The fraction of sp³-hybridized carbons (Fsp3) is 0.647. The normalized spacial score (nSPS) is 16.2. The molecule has 0 saturated carbocycles. The second-order valence-electron chi connectivity index (χ2n) is 5.47. The minimum absolute atomic E-state index is 0.709. The zero-order chi connectivity index (χ0) is 14.0. The highest BCUT2D eigenvalue weighted by atomic mass is 32.2. The monoisotopic (exact) mass is 293 g/mol. The summed E-state index contributed by atoms with van der Waals surface area (Å²) in [5.41, 5.74) is 1.35. The minimum atomic E-state index is 0.709. The molecular formula is C17H27NOS. The lowest BCUT2D eigenvalue weighted by molar-refractivity contribution is 0.306. The standard InChI is InChI=1S/C17H27NOS/c1-2-3-4-11-19-17-7-5-15(6-8-17)14-18-16-9-12-20-13-10-16/h5-8,16,18H,2-4,9-14H2,1H3. The Morgan fingerprint density at radius 2 is 1.90 bits per heavy atom. The van der Waals surface area contributed by atoms with Crippen LogP contribution in [0.2, 0.25) is 0 Å². The van der Waals surface area contributed by atoms with Crippen molar-refractivity contribution >= 4 is 11.8 Å². The van der Waals surface area contributed by atoms with E-state index in [0.717, 1.165) is 25.3 Å². The predicted octanol–water partition coefficient (Wildman–Crippen LogP) is 4.24. The molecule has 112 valence electrons. The number of benzene rings is 1. The summed E-state index contributed by atoms with van der Waals surface area (Å²) < 4.78 is 5.73. The van der Waals surface area contributed by atoms with Crippen LogP contribution < -0.4 is 10.1 Å². The Morgan fingerprint density at radius 3 is 2.60 bits per heavy atom. The van der Waals surface area contributed by atoms with Crippen LogP contribution in [0.15, 0.2) is 24.3 Å². The average molecular weight is 293 g/mol. The SMILES string of the molecule is CCCCCOc1ccc(CNC2CCSCC2)cc1. The van der Waals surface area contributed by atoms with Gasteiger partial charge in [0.2, 0.25) is 0 Å². The lowest BCUT2D eigenvalue weighted by Crippen LogP contribution is -2.31. The average Bonchev–Trinajstić information content (AvgIpc) is 2.52. The molecule has 0 bridgehead atoms. The van der Waals surface area contributed by atoms with E-state index >= 15 is 0 Å². The summed E-state index contributed by atoms with van der Waals surface area (Å²) in [4.78, 5) is 0. The predicted molar refractivity (Wildman–Crippen MR) is 88.6 cm³/mol. The number of ether oxygens (including phenoxy) is 1. The first-order valence-electron chi connectivity index (χ1n) is 7.91. The van der Waals surface area contributed by atoms with Crippen LogP contribution in [0.3, 0.4) is 0 Å². The van der Waals surface area contributed by atoms with Gasteiger partial charge in [-0.3, -0.25) is 0 Å². The van der Waals surface area contributed by atoms with Gasteiger partial charge in [0.15, 0.2) is 0 Å². The molecule has 20 heavy (non-hydrogen) atoms. The summed E-state index contributed by atoms with van der Waals surface area (Å²) in [7, 11) is 0. The minimum Gasteiger partial charge on any atom is -0.494 e. The van der Waals surface area contributed by atoms with E-state index in [-0.39, 0.29) is 0 Å². The summed E-state index contributed by atoms with van der Waals surface area (Å²) in [5.74, 6) is 3.61. The molecule has 1 aliphatic heterocycles. The zero-order valence-corrected chi connectivity index (χ0v) is 13.4. The third-order valence-corrected chi connectivity index (χ3v) is 4.80. The highest BCUT2D eigenvalue weighted by Gasteiger charge is 2.12. The lowest BCUT2D eigenvalue weighted by atomic mass is 10.1. The van der Waals surface area contributed by atoms with Gasteiger partial charge in [0, 0.05) is 12.6 Å². The van der Waals surface area contributed by atoms with Crippen LogP contribution in [-0.4, -0.2) is 24.2 Å². The van der Waals surface area contributed by atoms with E-state index in [9.17, 15) is 0 Å². The highest BCUT2D eigenvalue weighted by molar-refractivity contribution is 7.99. The maximum atomic E-state index is 5.73. The molecule has 0 amide bonds. The molecule has 0 unspecified atom stereocenters. The second-order valence-corrected chi connectivity index (χ2v) is 6.69. The van der Waals surface area contributed by atoms with Crippen LogP contribution in [0.5, 0.6) is 5.75 Å². The van der Waals surface area contributed by atoms with Gasteiger partial charge in [0.1, 0.15) is 5.75 Å². The van der Waals surface area contributed by atoms with Crippen LogP contribution in [0, 0.1) is 0 Å². The van der Waals surface area contributed by atoms with Crippen molar-refractivity contribution in [2.45, 2.75) is 51.6 Å². The van der Waals surface area contributed by atoms with E-state index in [1.165, 1.54) is 42.8 Å². The molecule has 0 aliphatic carbocycles. The molecule has 2 rings (SSSR count). The highest BCUT2D eigenvalue weighted by Crippen LogP contribution is 2.18. The van der Waals surface area contributed by atoms with Crippen molar-refractivity contribution in [3.8, 4) is 5.75 Å². The van der Waals surface area contributed by atoms with Gasteiger partial charge < -0.3 is 10.1 Å². The zero-order valence-electron chi connectivity index (χ0n) is 12.6. The van der Waals surface area contributed by atoms with Gasteiger partial charge in [-0.1, -0.05) is 31.9 Å². The molecule has 1 N–H and O–H groups in total. The van der Waals surface area contributed by atoms with Gasteiger partial charge in [0.25, 0.3) is 0 Å². The van der Waals surface area contributed by atoms with Crippen molar-refractivity contribution in [2.24, 2.45) is 0 Å². The van der Waals surface area contributed by atoms with Crippen molar-refractivity contribution < 1.29 is 4.74 Å². The molecule has 0 spiro atoms. The molecule has 1 aromatic rings. The third-order valence-electron chi connectivity index (χ3n) is 3.76. The molecule has 1 heterocycles. The third kappa shape index (κ3) is 5.76. The van der Waals surface area contributed by atoms with Crippen LogP contribution in [0.25, 0.3) is 0 Å². The quantitative estimate of drug-likeness (QED) is 0.724. The van der Waals surface area contributed by atoms with Crippen molar-refractivity contribution in [2.75, 3.05) is 18.1 Å². The molecular weight excluding hydrogens is 266 g/mol. The molecule has 1 aromatic carbocycles. The Balaban J connectivity index is 1.68. The van der Waals surface area contributed by atoms with Crippen molar-refractivity contribution in [3.05, 3.63) is 29.8 Å². The summed E-state index contributed by atoms with van der Waals surface area (Å²) in [5, 5.41) is 3.66. The lowest BCUT2D eigenvalue weighted by Gasteiger charge is -2.22. The van der Waals surface area contributed by atoms with Gasteiger partial charge in [-0.25, -0.2) is 0 Å². The van der Waals surface area contributed by atoms with Crippen molar-refractivity contribution in [1.82, 2.24) is 5.32 Å². The van der Waals surface area contributed by atoms with Gasteiger partial charge in [0.05, 0.1) is 6.61 Å². The second kappa shape index (κ2) is 9.30. The topological polar surface area (TPSA) is 21.3 Å². The Hall–Kier alpha value is -0.670.